The van der Waals surface area contributed by atoms with Gasteiger partial charge in [-0.25, -0.2) is 8.42 Å². The van der Waals surface area contributed by atoms with Crippen LogP contribution >= 0.6 is 22.9 Å². The molecule has 2 saturated heterocycles. The van der Waals surface area contributed by atoms with E-state index in [1.807, 2.05) is 13.0 Å². The zero-order chi connectivity index (χ0) is 22.6. The summed E-state index contributed by atoms with van der Waals surface area (Å²) < 4.78 is 31.2. The molecule has 0 radical (unpaired) electrons. The van der Waals surface area contributed by atoms with Gasteiger partial charge in [0.05, 0.1) is 15.7 Å². The van der Waals surface area contributed by atoms with Crippen molar-refractivity contribution in [3.8, 4) is 10.4 Å². The van der Waals surface area contributed by atoms with Gasteiger partial charge in [0.15, 0.2) is 9.84 Å². The van der Waals surface area contributed by atoms with Gasteiger partial charge in [-0.05, 0) is 56.4 Å². The van der Waals surface area contributed by atoms with Crippen molar-refractivity contribution in [2.45, 2.75) is 42.9 Å². The van der Waals surface area contributed by atoms with Crippen LogP contribution in [0.4, 0.5) is 5.69 Å². The Morgan fingerprint density at radius 3 is 2.59 bits per heavy atom. The summed E-state index contributed by atoms with van der Waals surface area (Å²) in [5, 5.41) is 0.536. The molecule has 6 nitrogen and oxygen atoms in total. The third-order valence-corrected chi connectivity index (χ3v) is 11.6. The lowest BCUT2D eigenvalue weighted by atomic mass is 9.95. The molecule has 3 aliphatic rings. The second-order valence-electron chi connectivity index (χ2n) is 9.17. The van der Waals surface area contributed by atoms with E-state index in [1.54, 1.807) is 0 Å². The van der Waals surface area contributed by atoms with E-state index in [0.717, 1.165) is 28.4 Å². The van der Waals surface area contributed by atoms with Crippen molar-refractivity contribution in [2.24, 2.45) is 10.7 Å². The molecule has 1 spiro atoms. The molecule has 2 fully saturated rings. The monoisotopic (exact) mass is 493 g/mol. The first kappa shape index (κ1) is 22.2. The molecule has 2 N–H and O–H groups in total. The van der Waals surface area contributed by atoms with Crippen LogP contribution < -0.4 is 10.6 Å². The van der Waals surface area contributed by atoms with Crippen molar-refractivity contribution >= 4 is 44.3 Å². The fourth-order valence-corrected chi connectivity index (χ4v) is 9.26. The highest BCUT2D eigenvalue weighted by Gasteiger charge is 2.55. The smallest absolute Gasteiger partial charge is 0.166 e. The maximum Gasteiger partial charge on any atom is 0.166 e. The van der Waals surface area contributed by atoms with Crippen molar-refractivity contribution < 1.29 is 13.2 Å². The van der Waals surface area contributed by atoms with Crippen molar-refractivity contribution in [1.29, 1.82) is 0 Å². The van der Waals surface area contributed by atoms with E-state index in [0.29, 0.717) is 31.1 Å². The number of rotatable bonds is 3. The van der Waals surface area contributed by atoms with Crippen LogP contribution in [0.15, 0.2) is 35.3 Å². The third-order valence-electron chi connectivity index (χ3n) is 6.98. The SMILES string of the molecule is CC1(c2sc(-c3cccc(N4CCCC4)c3)cc2Cl)CS(=O)(=O)C2(CCOCC2)C(N)=N1. The molecule has 1 unspecified atom stereocenters. The Bertz CT molecular complexity index is 1160. The van der Waals surface area contributed by atoms with E-state index in [-0.39, 0.29) is 11.6 Å². The van der Waals surface area contributed by atoms with Crippen LogP contribution in [0.2, 0.25) is 5.02 Å². The van der Waals surface area contributed by atoms with Crippen LogP contribution in [0.5, 0.6) is 0 Å². The van der Waals surface area contributed by atoms with E-state index < -0.39 is 20.1 Å². The normalized spacial score (nSPS) is 26.9. The highest BCUT2D eigenvalue weighted by molar-refractivity contribution is 7.93. The molecule has 1 atom stereocenters. The van der Waals surface area contributed by atoms with Crippen molar-refractivity contribution in [3.05, 3.63) is 40.2 Å². The van der Waals surface area contributed by atoms with Crippen molar-refractivity contribution in [3.63, 3.8) is 0 Å². The van der Waals surface area contributed by atoms with Crippen LogP contribution in [-0.2, 0) is 20.1 Å². The second-order valence-corrected chi connectivity index (χ2v) is 12.9. The van der Waals surface area contributed by atoms with E-state index in [1.165, 1.54) is 29.9 Å². The lowest BCUT2D eigenvalue weighted by Gasteiger charge is -2.43. The first-order chi connectivity index (χ1) is 15.2. The summed E-state index contributed by atoms with van der Waals surface area (Å²) >= 11 is 8.18. The maximum atomic E-state index is 13.5. The molecule has 5 rings (SSSR count). The Kier molecular flexibility index (Phi) is 5.55. The van der Waals surface area contributed by atoms with E-state index in [2.05, 4.69) is 29.2 Å². The van der Waals surface area contributed by atoms with Gasteiger partial charge in [-0.15, -0.1) is 11.3 Å². The molecule has 9 heteroatoms. The molecule has 0 bridgehead atoms. The van der Waals surface area contributed by atoms with Gasteiger partial charge in [-0.2, -0.15) is 0 Å². The lowest BCUT2D eigenvalue weighted by molar-refractivity contribution is 0.0875. The van der Waals surface area contributed by atoms with Crippen LogP contribution in [0, 0.1) is 0 Å². The van der Waals surface area contributed by atoms with Crippen LogP contribution in [0.3, 0.4) is 0 Å². The minimum Gasteiger partial charge on any atom is -0.386 e. The van der Waals surface area contributed by atoms with Gasteiger partial charge >= 0.3 is 0 Å². The Balaban J connectivity index is 1.52. The highest BCUT2D eigenvalue weighted by Crippen LogP contribution is 2.47. The summed E-state index contributed by atoms with van der Waals surface area (Å²) in [5.41, 5.74) is 7.65. The third kappa shape index (κ3) is 3.56. The molecular weight excluding hydrogens is 466 g/mol. The maximum absolute atomic E-state index is 13.5. The number of hydrogen-bond donors (Lipinski definition) is 1. The molecule has 2 aromatic rings. The topological polar surface area (TPSA) is 85.0 Å². The molecular formula is C23H28ClN3O3S2. The van der Waals surface area contributed by atoms with Crippen molar-refractivity contribution in [2.75, 3.05) is 37.0 Å². The number of benzene rings is 1. The number of aliphatic imine (C=N–C) groups is 1. The largest absolute Gasteiger partial charge is 0.386 e. The predicted molar refractivity (Wildman–Crippen MR) is 132 cm³/mol. The average molecular weight is 494 g/mol. The molecule has 172 valence electrons. The average Bonchev–Trinajstić information content (AvgIpc) is 3.43. The standard InChI is InChI=1S/C23H28ClN3O3S2/c1-22(15-32(28,29)23(21(25)26-22)7-11-30-12-8-23)20-18(24)14-19(31-20)16-5-4-6-17(13-16)27-9-2-3-10-27/h4-6,13-14H,2-3,7-12,15H2,1H3,(H2,25,26). The molecule has 1 aromatic carbocycles. The number of amidine groups is 1. The van der Waals surface area contributed by atoms with Crippen LogP contribution in [0.1, 0.15) is 37.5 Å². The Morgan fingerprint density at radius 2 is 1.91 bits per heavy atom. The van der Waals surface area contributed by atoms with E-state index in [9.17, 15) is 8.42 Å². The molecule has 0 saturated carbocycles. The fourth-order valence-electron chi connectivity index (χ4n) is 5.16. The number of halogens is 1. The summed E-state index contributed by atoms with van der Waals surface area (Å²) in [5.74, 6) is 0.0883. The van der Waals surface area contributed by atoms with Crippen LogP contribution in [0.25, 0.3) is 10.4 Å². The van der Waals surface area contributed by atoms with Crippen molar-refractivity contribution in [1.82, 2.24) is 0 Å². The van der Waals surface area contributed by atoms with Gasteiger partial charge in [-0.1, -0.05) is 23.7 Å². The van der Waals surface area contributed by atoms with Crippen LogP contribution in [-0.4, -0.2) is 51.1 Å². The highest BCUT2D eigenvalue weighted by atomic mass is 35.5. The van der Waals surface area contributed by atoms with Gasteiger partial charge in [0.1, 0.15) is 16.1 Å². The molecule has 4 heterocycles. The second kappa shape index (κ2) is 8.01. The fraction of sp³-hybridized carbons (Fsp3) is 0.522. The number of hydrogen-bond acceptors (Lipinski definition) is 7. The molecule has 0 amide bonds. The molecule has 0 aliphatic carbocycles. The minimum atomic E-state index is -3.54. The number of ether oxygens (including phenoxy) is 1. The predicted octanol–water partition coefficient (Wildman–Crippen LogP) is 4.22. The van der Waals surface area contributed by atoms with Gasteiger partial charge in [0, 0.05) is 36.9 Å². The van der Waals surface area contributed by atoms with Gasteiger partial charge in [0.25, 0.3) is 0 Å². The first-order valence-electron chi connectivity index (χ1n) is 11.1. The number of thiophene rings is 1. The number of nitrogens with two attached hydrogens (primary N) is 1. The van der Waals surface area contributed by atoms with E-state index >= 15 is 0 Å². The summed E-state index contributed by atoms with van der Waals surface area (Å²) in [6.07, 6.45) is 3.15. The molecule has 3 aliphatic heterocycles. The Morgan fingerprint density at radius 1 is 1.19 bits per heavy atom. The van der Waals surface area contributed by atoms with E-state index in [4.69, 9.17) is 27.1 Å². The number of sulfone groups is 1. The lowest BCUT2D eigenvalue weighted by Crippen LogP contribution is -2.60. The molecule has 1 aromatic heterocycles. The summed E-state index contributed by atoms with van der Waals surface area (Å²) in [6.45, 7) is 4.74. The Hall–Kier alpha value is -1.61. The Labute approximate surface area is 198 Å². The summed E-state index contributed by atoms with van der Waals surface area (Å²) in [4.78, 5) is 8.93. The quantitative estimate of drug-likeness (QED) is 0.692. The number of anilines is 1. The molecule has 32 heavy (non-hydrogen) atoms. The minimum absolute atomic E-state index is 0.103. The number of nitrogens with zero attached hydrogens (tertiary/aromatic N) is 2. The summed E-state index contributed by atoms with van der Waals surface area (Å²) in [7, 11) is -3.54. The summed E-state index contributed by atoms with van der Waals surface area (Å²) in [6, 6.07) is 10.4. The van der Waals surface area contributed by atoms with Gasteiger partial charge in [0.2, 0.25) is 0 Å². The van der Waals surface area contributed by atoms with Gasteiger partial charge in [-0.3, -0.25) is 4.99 Å². The zero-order valence-corrected chi connectivity index (χ0v) is 20.5. The first-order valence-corrected chi connectivity index (χ1v) is 13.9. The zero-order valence-electron chi connectivity index (χ0n) is 18.1. The van der Waals surface area contributed by atoms with Gasteiger partial charge < -0.3 is 15.4 Å².